The smallest absolute Gasteiger partial charge is 0.396 e. The summed E-state index contributed by atoms with van der Waals surface area (Å²) in [5.41, 5.74) is -0.111. The van der Waals surface area contributed by atoms with Crippen LogP contribution in [0, 0.1) is 0 Å². The van der Waals surface area contributed by atoms with Gasteiger partial charge in [0.25, 0.3) is 10.1 Å². The number of hydrogen-bond acceptors (Lipinski definition) is 18. The van der Waals surface area contributed by atoms with Crippen LogP contribution in [0.3, 0.4) is 0 Å². The molecule has 5 rings (SSSR count). The van der Waals surface area contributed by atoms with Crippen LogP contribution in [-0.2, 0) is 33.1 Å². The molecule has 5 aromatic rings. The van der Waals surface area contributed by atoms with Crippen LogP contribution in [0.5, 0.6) is 0 Å². The molecule has 1 heterocycles. The van der Waals surface area contributed by atoms with Gasteiger partial charge in [-0.05, 0) is 107 Å². The van der Waals surface area contributed by atoms with Gasteiger partial charge in [-0.3, -0.25) is 4.55 Å². The standard InChI is InChI=1S/C39H41F6N11O4S2.O3S/c1-5-55(6-2)27-14-17-29(52-51-26-12-9-24(10-13-26)38(40,41)42)32(22-27)46-35-48-36(50-37(49-35)61-20-19-57)47-33-23-28(56(7-3)8-4)15-18-30(33)53-54-31-16-11-25(39(43,44)45)21-34(31)62(58,59)60;1-4(2)3/h9-18,21-23,57H,5-8,19-20H2,1-4H3,(H,58,59,60)(H2,46,47,48,49,50);. The van der Waals surface area contributed by atoms with Gasteiger partial charge in [-0.25, -0.2) is 0 Å². The van der Waals surface area contributed by atoms with Crippen LogP contribution in [0.15, 0.2) is 109 Å². The maximum Gasteiger partial charge on any atom is 0.425 e. The lowest BCUT2D eigenvalue weighted by Crippen LogP contribution is -2.21. The highest BCUT2D eigenvalue weighted by molar-refractivity contribution is 7.99. The molecule has 0 saturated carbocycles. The van der Waals surface area contributed by atoms with Crippen molar-refractivity contribution in [2.24, 2.45) is 20.5 Å². The number of anilines is 6. The lowest BCUT2D eigenvalue weighted by atomic mass is 10.2. The number of thioether (sulfide) groups is 1. The van der Waals surface area contributed by atoms with Crippen molar-refractivity contribution in [2.45, 2.75) is 50.1 Å². The Morgan fingerprint density at radius 2 is 1.06 bits per heavy atom. The Bertz CT molecular complexity index is 2740. The monoisotopic (exact) mass is 985 g/mol. The first kappa shape index (κ1) is 52.3. The summed E-state index contributed by atoms with van der Waals surface area (Å²) in [4.78, 5) is 16.6. The number of aliphatic hydroxyl groups is 1. The minimum atomic E-state index is -5.17. The van der Waals surface area contributed by atoms with Crippen LogP contribution in [0.1, 0.15) is 38.8 Å². The number of aromatic nitrogens is 3. The lowest BCUT2D eigenvalue weighted by molar-refractivity contribution is -0.138. The van der Waals surface area contributed by atoms with E-state index in [9.17, 15) is 44.4 Å². The maximum atomic E-state index is 13.4. The quantitative estimate of drug-likeness (QED) is 0.0276. The van der Waals surface area contributed by atoms with E-state index in [0.29, 0.717) is 43.6 Å². The fourth-order valence-electron chi connectivity index (χ4n) is 5.82. The van der Waals surface area contributed by atoms with Crippen molar-refractivity contribution in [3.05, 3.63) is 90.0 Å². The van der Waals surface area contributed by atoms with Gasteiger partial charge in [-0.1, -0.05) is 11.8 Å². The molecule has 66 heavy (non-hydrogen) atoms. The summed E-state index contributed by atoms with van der Waals surface area (Å²) >= 11 is 1.10. The zero-order valence-corrected chi connectivity index (χ0v) is 37.7. The van der Waals surface area contributed by atoms with Gasteiger partial charge in [0, 0.05) is 43.3 Å². The van der Waals surface area contributed by atoms with E-state index < -0.39 is 54.8 Å². The van der Waals surface area contributed by atoms with Crippen LogP contribution >= 0.6 is 11.8 Å². The van der Waals surface area contributed by atoms with E-state index in [1.165, 1.54) is 18.2 Å². The molecule has 27 heteroatoms. The highest BCUT2D eigenvalue weighted by Gasteiger charge is 2.33. The highest BCUT2D eigenvalue weighted by Crippen LogP contribution is 2.39. The second-order valence-electron chi connectivity index (χ2n) is 13.1. The molecule has 0 radical (unpaired) electrons. The molecule has 4 N–H and O–H groups in total. The predicted octanol–water partition coefficient (Wildman–Crippen LogP) is 10.2. The lowest BCUT2D eigenvalue weighted by Gasteiger charge is -2.22. The van der Waals surface area contributed by atoms with Gasteiger partial charge < -0.3 is 25.5 Å². The van der Waals surface area contributed by atoms with Gasteiger partial charge in [0.1, 0.15) is 22.0 Å². The van der Waals surface area contributed by atoms with Crippen molar-refractivity contribution in [2.75, 3.05) is 59.0 Å². The summed E-state index contributed by atoms with van der Waals surface area (Å²) in [5.74, 6) is 0.154. The van der Waals surface area contributed by atoms with E-state index in [2.05, 4.69) is 50.9 Å². The summed E-state index contributed by atoms with van der Waals surface area (Å²) in [6, 6.07) is 16.0. The number of rotatable bonds is 18. The summed E-state index contributed by atoms with van der Waals surface area (Å²) < 4.78 is 139. The number of nitrogens with zero attached hydrogens (tertiary/aromatic N) is 9. The second kappa shape index (κ2) is 23.2. The maximum absolute atomic E-state index is 13.4. The number of alkyl halides is 6. The van der Waals surface area contributed by atoms with Gasteiger partial charge in [-0.15, -0.1) is 28.0 Å². The third-order valence-corrected chi connectivity index (χ3v) is 10.7. The fourth-order valence-corrected chi connectivity index (χ4v) is 7.05. The zero-order chi connectivity index (χ0) is 48.8. The largest absolute Gasteiger partial charge is 0.425 e. The van der Waals surface area contributed by atoms with E-state index in [-0.39, 0.29) is 58.2 Å². The van der Waals surface area contributed by atoms with E-state index in [1.54, 1.807) is 24.3 Å². The summed E-state index contributed by atoms with van der Waals surface area (Å²) in [7, 11) is -8.28. The Morgan fingerprint density at radius 1 is 0.636 bits per heavy atom. The van der Waals surface area contributed by atoms with Crippen molar-refractivity contribution >= 4 is 89.9 Å². The van der Waals surface area contributed by atoms with Gasteiger partial charge in [0.05, 0.1) is 34.8 Å². The summed E-state index contributed by atoms with van der Waals surface area (Å²) in [6.07, 6.45) is -9.43. The minimum absolute atomic E-state index is 0.00348. The van der Waals surface area contributed by atoms with Crippen molar-refractivity contribution in [1.29, 1.82) is 0 Å². The van der Waals surface area contributed by atoms with E-state index in [4.69, 9.17) is 12.6 Å². The Hall–Kier alpha value is -6.29. The van der Waals surface area contributed by atoms with Crippen molar-refractivity contribution < 1.29 is 57.0 Å². The van der Waals surface area contributed by atoms with E-state index in [0.717, 1.165) is 35.6 Å². The van der Waals surface area contributed by atoms with E-state index >= 15 is 0 Å². The average Bonchev–Trinajstić information content (AvgIpc) is 3.25. The van der Waals surface area contributed by atoms with Crippen LogP contribution in [-0.4, -0.2) is 84.2 Å². The molecule has 0 amide bonds. The molecule has 0 aliphatic heterocycles. The van der Waals surface area contributed by atoms with Crippen LogP contribution < -0.4 is 20.4 Å². The summed E-state index contributed by atoms with van der Waals surface area (Å²) in [6.45, 7) is 10.1. The summed E-state index contributed by atoms with van der Waals surface area (Å²) in [5, 5.41) is 32.5. The molecular weight excluding hydrogens is 945 g/mol. The molecule has 0 spiro atoms. The molecule has 1 aromatic heterocycles. The topological polar surface area (TPSA) is 244 Å². The normalized spacial score (nSPS) is 11.9. The molecule has 4 aromatic carbocycles. The van der Waals surface area contributed by atoms with Gasteiger partial charge >= 0.3 is 23.0 Å². The first-order chi connectivity index (χ1) is 31.1. The number of halogens is 6. The molecule has 0 saturated heterocycles. The Labute approximate surface area is 380 Å². The third kappa shape index (κ3) is 15.1. The van der Waals surface area contributed by atoms with Crippen LogP contribution in [0.2, 0.25) is 0 Å². The van der Waals surface area contributed by atoms with Crippen molar-refractivity contribution in [3.8, 4) is 0 Å². The molecule has 0 aliphatic carbocycles. The number of azo groups is 2. The van der Waals surface area contributed by atoms with Crippen LogP contribution in [0.4, 0.5) is 83.7 Å². The molecule has 18 nitrogen and oxygen atoms in total. The molecular formula is C39H41F6N11O7S3. The molecule has 0 fully saturated rings. The molecule has 0 unspecified atom stereocenters. The van der Waals surface area contributed by atoms with Gasteiger partial charge in [0.2, 0.25) is 11.9 Å². The number of benzene rings is 4. The van der Waals surface area contributed by atoms with E-state index in [1.807, 2.05) is 38.7 Å². The molecule has 0 bridgehead atoms. The van der Waals surface area contributed by atoms with Crippen molar-refractivity contribution in [3.63, 3.8) is 0 Å². The highest BCUT2D eigenvalue weighted by atomic mass is 32.2. The Morgan fingerprint density at radius 3 is 1.48 bits per heavy atom. The molecule has 354 valence electrons. The molecule has 0 aliphatic rings. The Balaban J connectivity index is 0.00000228. The van der Waals surface area contributed by atoms with Crippen molar-refractivity contribution in [1.82, 2.24) is 15.0 Å². The third-order valence-electron chi connectivity index (χ3n) is 8.95. The van der Waals surface area contributed by atoms with Crippen LogP contribution in [0.25, 0.3) is 0 Å². The van der Waals surface area contributed by atoms with Gasteiger partial charge in [-0.2, -0.15) is 54.8 Å². The molecule has 0 atom stereocenters. The number of aliphatic hydroxyl groups excluding tert-OH is 1. The zero-order valence-electron chi connectivity index (χ0n) is 35.2. The second-order valence-corrected chi connectivity index (χ2v) is 16.0. The average molecular weight is 986 g/mol. The first-order valence-electron chi connectivity index (χ1n) is 19.4. The number of hydrogen-bond donors (Lipinski definition) is 4. The predicted molar refractivity (Wildman–Crippen MR) is 235 cm³/mol. The first-order valence-corrected chi connectivity index (χ1v) is 22.8. The Kier molecular flexibility index (Phi) is 18.4. The van der Waals surface area contributed by atoms with Gasteiger partial charge in [0.15, 0.2) is 5.16 Å². The minimum Gasteiger partial charge on any atom is -0.396 e. The number of nitrogens with one attached hydrogen (secondary N) is 2. The fraction of sp³-hybridized carbons (Fsp3) is 0.308. The SMILES string of the molecule is CCN(CC)c1ccc(N=Nc2ccc(C(F)(F)F)cc2)c(Nc2nc(Nc3cc(N(CC)CC)ccc3N=Nc3ccc(C(F)(F)F)cc3S(=O)(=O)O)nc(SCCO)n2)c1.O=S(=O)=O.